The van der Waals surface area contributed by atoms with Crippen LogP contribution in [0, 0.1) is 5.92 Å². The smallest absolute Gasteiger partial charge is 0.306 e. The molecule has 1 rings (SSSR count). The Hall–Kier alpha value is -1.84. The van der Waals surface area contributed by atoms with Gasteiger partial charge in [0.05, 0.1) is 26.1 Å². The van der Waals surface area contributed by atoms with Crippen LogP contribution in [0.1, 0.15) is 38.7 Å². The van der Waals surface area contributed by atoms with E-state index in [0.29, 0.717) is 19.1 Å². The molecule has 0 unspecified atom stereocenters. The van der Waals surface area contributed by atoms with Crippen LogP contribution in [0.25, 0.3) is 0 Å². The highest BCUT2D eigenvalue weighted by Crippen LogP contribution is 2.04. The van der Waals surface area contributed by atoms with Crippen LogP contribution in [0.2, 0.25) is 0 Å². The molecule has 0 amide bonds. The van der Waals surface area contributed by atoms with Crippen molar-refractivity contribution >= 4 is 11.9 Å². The molecule has 0 saturated heterocycles. The molecule has 0 spiro atoms. The molecular formula is C17H24O4. The Labute approximate surface area is 126 Å². The second-order valence-electron chi connectivity index (χ2n) is 5.39. The van der Waals surface area contributed by atoms with Gasteiger partial charge in [0.25, 0.3) is 0 Å². The van der Waals surface area contributed by atoms with Gasteiger partial charge in [-0.05, 0) is 24.3 Å². The molecule has 116 valence electrons. The van der Waals surface area contributed by atoms with Gasteiger partial charge in [-0.1, -0.05) is 44.2 Å². The molecule has 0 fully saturated rings. The lowest BCUT2D eigenvalue weighted by atomic mass is 10.1. The maximum Gasteiger partial charge on any atom is 0.306 e. The largest absolute Gasteiger partial charge is 0.466 e. The van der Waals surface area contributed by atoms with Crippen LogP contribution in [0.4, 0.5) is 0 Å². The standard InChI is InChI=1S/C17H24O4/c1-14(2)13-21-17(19)11-10-16(18)20-12-6-9-15-7-4-3-5-8-15/h3-5,7-8,14H,6,9-13H2,1-2H3. The lowest BCUT2D eigenvalue weighted by Gasteiger charge is -2.07. The van der Waals surface area contributed by atoms with Gasteiger partial charge in [-0.25, -0.2) is 0 Å². The van der Waals surface area contributed by atoms with Crippen LogP contribution in [-0.4, -0.2) is 25.2 Å². The third kappa shape index (κ3) is 8.84. The van der Waals surface area contributed by atoms with Crippen molar-refractivity contribution in [2.75, 3.05) is 13.2 Å². The number of carbonyl (C=O) groups excluding carboxylic acids is 2. The quantitative estimate of drug-likeness (QED) is 0.518. The number of esters is 2. The molecule has 0 aliphatic carbocycles. The van der Waals surface area contributed by atoms with Gasteiger partial charge < -0.3 is 9.47 Å². The fraction of sp³-hybridized carbons (Fsp3) is 0.529. The number of carbonyl (C=O) groups is 2. The lowest BCUT2D eigenvalue weighted by molar-refractivity contribution is -0.151. The SMILES string of the molecule is CC(C)COC(=O)CCC(=O)OCCCc1ccccc1. The molecule has 4 nitrogen and oxygen atoms in total. The molecule has 21 heavy (non-hydrogen) atoms. The number of hydrogen-bond donors (Lipinski definition) is 0. The number of rotatable bonds is 9. The Balaban J connectivity index is 2.05. The Bertz CT molecular complexity index is 426. The van der Waals surface area contributed by atoms with Crippen molar-refractivity contribution in [3.8, 4) is 0 Å². The van der Waals surface area contributed by atoms with Crippen LogP contribution in [0.15, 0.2) is 30.3 Å². The highest BCUT2D eigenvalue weighted by atomic mass is 16.5. The van der Waals surface area contributed by atoms with Crippen molar-refractivity contribution in [2.24, 2.45) is 5.92 Å². The van der Waals surface area contributed by atoms with E-state index in [4.69, 9.17) is 9.47 Å². The predicted octanol–water partition coefficient (Wildman–Crippen LogP) is 3.14. The van der Waals surface area contributed by atoms with E-state index in [0.717, 1.165) is 12.8 Å². The number of ether oxygens (including phenoxy) is 2. The summed E-state index contributed by atoms with van der Waals surface area (Å²) in [4.78, 5) is 22.8. The van der Waals surface area contributed by atoms with Gasteiger partial charge in [0.2, 0.25) is 0 Å². The van der Waals surface area contributed by atoms with E-state index in [-0.39, 0.29) is 24.8 Å². The third-order valence-electron chi connectivity index (χ3n) is 2.83. The van der Waals surface area contributed by atoms with E-state index < -0.39 is 0 Å². The Morgan fingerprint density at radius 2 is 1.62 bits per heavy atom. The minimum Gasteiger partial charge on any atom is -0.466 e. The molecule has 0 atom stereocenters. The zero-order valence-corrected chi connectivity index (χ0v) is 12.8. The fourth-order valence-electron chi connectivity index (χ4n) is 1.72. The minimum absolute atomic E-state index is 0.0856. The molecule has 0 heterocycles. The molecule has 0 saturated carbocycles. The minimum atomic E-state index is -0.343. The molecule has 0 aromatic heterocycles. The lowest BCUT2D eigenvalue weighted by Crippen LogP contribution is -2.13. The van der Waals surface area contributed by atoms with E-state index in [9.17, 15) is 9.59 Å². The Morgan fingerprint density at radius 1 is 1.00 bits per heavy atom. The first-order valence-electron chi connectivity index (χ1n) is 7.43. The van der Waals surface area contributed by atoms with Crippen molar-refractivity contribution in [1.82, 2.24) is 0 Å². The van der Waals surface area contributed by atoms with Crippen LogP contribution in [0.3, 0.4) is 0 Å². The summed E-state index contributed by atoms with van der Waals surface area (Å²) in [7, 11) is 0. The number of benzene rings is 1. The van der Waals surface area contributed by atoms with Gasteiger partial charge in [-0.15, -0.1) is 0 Å². The zero-order valence-electron chi connectivity index (χ0n) is 12.8. The average molecular weight is 292 g/mol. The van der Waals surface area contributed by atoms with Gasteiger partial charge in [-0.3, -0.25) is 9.59 Å². The van der Waals surface area contributed by atoms with E-state index in [1.807, 2.05) is 44.2 Å². The summed E-state index contributed by atoms with van der Waals surface area (Å²) in [6.07, 6.45) is 1.84. The van der Waals surface area contributed by atoms with E-state index in [1.54, 1.807) is 0 Å². The van der Waals surface area contributed by atoms with Gasteiger partial charge in [0, 0.05) is 0 Å². The van der Waals surface area contributed by atoms with E-state index in [1.165, 1.54) is 5.56 Å². The summed E-state index contributed by atoms with van der Waals surface area (Å²) in [5.41, 5.74) is 1.23. The molecule has 0 aliphatic heterocycles. The first-order valence-corrected chi connectivity index (χ1v) is 7.43. The molecule has 0 N–H and O–H groups in total. The summed E-state index contributed by atoms with van der Waals surface area (Å²) >= 11 is 0. The first kappa shape index (κ1) is 17.2. The van der Waals surface area contributed by atoms with Gasteiger partial charge in [-0.2, -0.15) is 0 Å². The molecule has 1 aromatic carbocycles. The Morgan fingerprint density at radius 3 is 2.24 bits per heavy atom. The topological polar surface area (TPSA) is 52.6 Å². The van der Waals surface area contributed by atoms with Crippen LogP contribution < -0.4 is 0 Å². The van der Waals surface area contributed by atoms with Crippen LogP contribution in [0.5, 0.6) is 0 Å². The van der Waals surface area contributed by atoms with Crippen molar-refractivity contribution in [3.05, 3.63) is 35.9 Å². The van der Waals surface area contributed by atoms with Crippen molar-refractivity contribution in [3.63, 3.8) is 0 Å². The summed E-state index contributed by atoms with van der Waals surface area (Å²) in [6, 6.07) is 10.1. The summed E-state index contributed by atoms with van der Waals surface area (Å²) in [6.45, 7) is 4.71. The van der Waals surface area contributed by atoms with Crippen molar-refractivity contribution in [2.45, 2.75) is 39.5 Å². The predicted molar refractivity (Wildman–Crippen MR) is 80.8 cm³/mol. The molecule has 0 bridgehead atoms. The first-order chi connectivity index (χ1) is 10.1. The van der Waals surface area contributed by atoms with Gasteiger partial charge >= 0.3 is 11.9 Å². The normalized spacial score (nSPS) is 10.4. The van der Waals surface area contributed by atoms with Gasteiger partial charge in [0.1, 0.15) is 0 Å². The summed E-state index contributed by atoms with van der Waals surface area (Å²) in [5, 5.41) is 0. The second kappa shape index (κ2) is 9.97. The van der Waals surface area contributed by atoms with Crippen molar-refractivity contribution in [1.29, 1.82) is 0 Å². The molecule has 0 radical (unpaired) electrons. The maximum absolute atomic E-state index is 11.5. The maximum atomic E-state index is 11.5. The highest BCUT2D eigenvalue weighted by Gasteiger charge is 2.09. The highest BCUT2D eigenvalue weighted by molar-refractivity contribution is 5.77. The second-order valence-corrected chi connectivity index (χ2v) is 5.39. The monoisotopic (exact) mass is 292 g/mol. The Kier molecular flexibility index (Phi) is 8.17. The average Bonchev–Trinajstić information content (AvgIpc) is 2.48. The van der Waals surface area contributed by atoms with Crippen molar-refractivity contribution < 1.29 is 19.1 Å². The van der Waals surface area contributed by atoms with E-state index in [2.05, 4.69) is 0 Å². The molecule has 1 aromatic rings. The van der Waals surface area contributed by atoms with Crippen LogP contribution >= 0.6 is 0 Å². The van der Waals surface area contributed by atoms with E-state index >= 15 is 0 Å². The third-order valence-corrected chi connectivity index (χ3v) is 2.83. The molecule has 4 heteroatoms. The number of hydrogen-bond acceptors (Lipinski definition) is 4. The number of aryl methyl sites for hydroxylation is 1. The summed E-state index contributed by atoms with van der Waals surface area (Å²) in [5.74, 6) is -0.381. The van der Waals surface area contributed by atoms with Gasteiger partial charge in [0.15, 0.2) is 0 Å². The van der Waals surface area contributed by atoms with Crippen LogP contribution in [-0.2, 0) is 25.5 Å². The molecule has 0 aliphatic rings. The molecular weight excluding hydrogens is 268 g/mol. The summed E-state index contributed by atoms with van der Waals surface area (Å²) < 4.78 is 10.1. The zero-order chi connectivity index (χ0) is 15.5. The fourth-order valence-corrected chi connectivity index (χ4v) is 1.72.